The van der Waals surface area contributed by atoms with Crippen LogP contribution in [0.1, 0.15) is 0 Å². The Hall–Kier alpha value is -3.83. The van der Waals surface area contributed by atoms with E-state index in [1.54, 1.807) is 0 Å². The molecule has 2 atom stereocenters. The third kappa shape index (κ3) is 7.47. The van der Waals surface area contributed by atoms with Crippen molar-refractivity contribution in [1.82, 2.24) is 0 Å². The SMILES string of the molecule is O=C(OC1Oc2cscc2OC1COOC(=C(F)F)C(F)(F)C(F)(F)C(F)(F)C(F)(F)C(F)(F)C(F)(F)F)C(F)(F)C(F)(F)C(F)(F)C(F)(F)C(F)(F)C(F)(F)C(F)(F)F. The minimum absolute atomic E-state index is 0.275. The summed E-state index contributed by atoms with van der Waals surface area (Å²) in [7, 11) is 0. The van der Waals surface area contributed by atoms with Crippen molar-refractivity contribution < 1.29 is 160 Å². The lowest BCUT2D eigenvalue weighted by Crippen LogP contribution is -2.73. The monoisotopic (exact) mass is 980 g/mol. The molecule has 0 fully saturated rings. The van der Waals surface area contributed by atoms with Gasteiger partial charge in [0, 0.05) is 10.8 Å². The summed E-state index contributed by atoms with van der Waals surface area (Å²) in [6.07, 6.45) is -27.5. The first kappa shape index (κ1) is 52.3. The van der Waals surface area contributed by atoms with Crippen LogP contribution >= 0.6 is 11.3 Å². The van der Waals surface area contributed by atoms with Crippen LogP contribution in [0.3, 0.4) is 0 Å². The summed E-state index contributed by atoms with van der Waals surface area (Å²) in [6.45, 7) is -2.53. The van der Waals surface area contributed by atoms with Crippen LogP contribution in [0.5, 0.6) is 11.5 Å². The van der Waals surface area contributed by atoms with Gasteiger partial charge in [0.2, 0.25) is 0 Å². The van der Waals surface area contributed by atoms with Gasteiger partial charge >= 0.3 is 89.6 Å². The van der Waals surface area contributed by atoms with Crippen LogP contribution in [0, 0.1) is 0 Å². The van der Waals surface area contributed by atoms with E-state index in [9.17, 15) is 137 Å². The molecule has 2 rings (SSSR count). The summed E-state index contributed by atoms with van der Waals surface area (Å²) in [6, 6.07) is 0. The molecule has 0 N–H and O–H groups in total. The van der Waals surface area contributed by atoms with E-state index in [2.05, 4.69) is 24.0 Å². The van der Waals surface area contributed by atoms with Gasteiger partial charge in [-0.15, -0.1) is 11.3 Å². The number of carbonyl (C=O) groups excluding carboxylic acids is 1. The summed E-state index contributed by atoms with van der Waals surface area (Å²) in [5.41, 5.74) is 0. The number of hydrogen-bond acceptors (Lipinski definition) is 7. The fraction of sp³-hybridized carbons (Fsp3) is 0.696. The fourth-order valence-electron chi connectivity index (χ4n) is 3.63. The second-order valence-electron chi connectivity index (χ2n) is 10.9. The van der Waals surface area contributed by atoms with Gasteiger partial charge in [-0.2, -0.15) is 137 Å². The molecule has 37 heteroatoms. The molecule has 1 aromatic heterocycles. The van der Waals surface area contributed by atoms with Crippen LogP contribution in [-0.4, -0.2) is 102 Å². The van der Waals surface area contributed by atoms with Crippen molar-refractivity contribution in [3.8, 4) is 11.5 Å². The predicted octanol–water partition coefficient (Wildman–Crippen LogP) is 10.9. The first-order valence-corrected chi connectivity index (χ1v) is 14.3. The lowest BCUT2D eigenvalue weighted by Gasteiger charge is -2.41. The summed E-state index contributed by atoms with van der Waals surface area (Å²) < 4.78 is 415. The number of thiophene rings is 1. The number of fused-ring (bicyclic) bond motifs is 1. The van der Waals surface area contributed by atoms with E-state index in [4.69, 9.17) is 0 Å². The number of allylic oxidation sites excluding steroid dienone is 1. The smallest absolute Gasteiger partial charge is 0.460 e. The number of alkyl halides is 28. The first-order valence-electron chi connectivity index (χ1n) is 13.4. The van der Waals surface area contributed by atoms with E-state index in [0.29, 0.717) is 10.8 Å². The van der Waals surface area contributed by atoms with Crippen LogP contribution in [-0.2, 0) is 19.3 Å². The van der Waals surface area contributed by atoms with Gasteiger partial charge in [-0.3, -0.25) is 0 Å². The number of carbonyl (C=O) groups is 1. The summed E-state index contributed by atoms with van der Waals surface area (Å²) in [5.74, 6) is -105. The Morgan fingerprint density at radius 3 is 1.20 bits per heavy atom. The quantitative estimate of drug-likeness (QED) is 0.0541. The van der Waals surface area contributed by atoms with Gasteiger partial charge in [0.25, 0.3) is 12.0 Å². The maximum Gasteiger partial charge on any atom is 0.460 e. The topological polar surface area (TPSA) is 63.2 Å². The lowest BCUT2D eigenvalue weighted by molar-refractivity contribution is -0.450. The molecule has 1 aromatic rings. The molecule has 0 amide bonds. The maximum atomic E-state index is 14.4. The van der Waals surface area contributed by atoms with Crippen molar-refractivity contribution in [2.24, 2.45) is 0 Å². The van der Waals surface area contributed by atoms with Crippen LogP contribution in [0.15, 0.2) is 22.6 Å². The van der Waals surface area contributed by atoms with Gasteiger partial charge in [0.1, 0.15) is 6.61 Å². The molecule has 2 unspecified atom stereocenters. The fourth-order valence-corrected chi connectivity index (χ4v) is 4.29. The summed E-state index contributed by atoms with van der Waals surface area (Å²) in [4.78, 5) is 18.0. The molecule has 0 saturated carbocycles. The Balaban J connectivity index is 2.49. The zero-order chi connectivity index (χ0) is 47.9. The van der Waals surface area contributed by atoms with Crippen molar-refractivity contribution in [3.05, 3.63) is 22.6 Å². The first-order chi connectivity index (χ1) is 26.1. The Labute approximate surface area is 309 Å². The van der Waals surface area contributed by atoms with Crippen molar-refractivity contribution in [2.45, 2.75) is 89.9 Å². The molecule has 60 heavy (non-hydrogen) atoms. The highest BCUT2D eigenvalue weighted by atomic mass is 32.1. The molecule has 1 aliphatic rings. The normalized spacial score (nSPS) is 18.6. The van der Waals surface area contributed by atoms with Gasteiger partial charge < -0.3 is 19.1 Å². The van der Waals surface area contributed by atoms with Crippen LogP contribution in [0.25, 0.3) is 0 Å². The Morgan fingerprint density at radius 1 is 0.500 bits per heavy atom. The van der Waals surface area contributed by atoms with E-state index < -0.39 is 126 Å². The predicted molar refractivity (Wildman–Crippen MR) is 122 cm³/mol. The molecule has 350 valence electrons. The van der Waals surface area contributed by atoms with Gasteiger partial charge in [0.15, 0.2) is 17.6 Å². The van der Waals surface area contributed by atoms with Gasteiger partial charge in [-0.05, 0) is 0 Å². The lowest BCUT2D eigenvalue weighted by atomic mass is 9.91. The highest BCUT2D eigenvalue weighted by molar-refractivity contribution is 7.08. The van der Waals surface area contributed by atoms with E-state index >= 15 is 0 Å². The molecular formula is C23H6F30O6S. The minimum atomic E-state index is -8.94. The standard InChI is InChI=1S/C23H6F30O6S/c24-8(25)7(11(26,27)13(30,31)15(34,35)18(40,41)20(44,45)22(48,49)50)59-55-1-4-9(57-6-3-60-2-5(6)56-4)58-10(54)12(28,29)14(32,33)16(36,37)17(38,39)19(42,43)21(46,47)23(51,52)53/h2-4,9H,1H2. The second-order valence-corrected chi connectivity index (χ2v) is 11.7. The van der Waals surface area contributed by atoms with Crippen LogP contribution in [0.2, 0.25) is 0 Å². The molecular weight excluding hydrogens is 974 g/mol. The van der Waals surface area contributed by atoms with E-state index in [-0.39, 0.29) is 11.3 Å². The molecule has 0 bridgehead atoms. The minimum Gasteiger partial charge on any atom is -0.475 e. The van der Waals surface area contributed by atoms with Crippen molar-refractivity contribution in [3.63, 3.8) is 0 Å². The third-order valence-electron chi connectivity index (χ3n) is 6.99. The highest BCUT2D eigenvalue weighted by Crippen LogP contribution is 2.64. The third-order valence-corrected chi connectivity index (χ3v) is 7.69. The Kier molecular flexibility index (Phi) is 13.0. The molecule has 2 heterocycles. The van der Waals surface area contributed by atoms with Crippen molar-refractivity contribution >= 4 is 17.3 Å². The summed E-state index contributed by atoms with van der Waals surface area (Å²) >= 11 is 0.275. The number of esters is 1. The average Bonchev–Trinajstić information content (AvgIpc) is 3.51. The average molecular weight is 980 g/mol. The number of ether oxygens (including phenoxy) is 3. The van der Waals surface area contributed by atoms with Crippen LogP contribution in [0.4, 0.5) is 132 Å². The second kappa shape index (κ2) is 14.9. The molecule has 0 spiro atoms. The van der Waals surface area contributed by atoms with E-state index in [1.165, 1.54) is 0 Å². The van der Waals surface area contributed by atoms with E-state index in [1.807, 2.05) is 0 Å². The van der Waals surface area contributed by atoms with Crippen LogP contribution < -0.4 is 9.47 Å². The zero-order valence-electron chi connectivity index (χ0n) is 26.2. The highest BCUT2D eigenvalue weighted by Gasteiger charge is 2.95. The molecule has 1 aliphatic heterocycles. The van der Waals surface area contributed by atoms with E-state index in [0.717, 1.165) is 0 Å². The molecule has 0 radical (unpaired) electrons. The van der Waals surface area contributed by atoms with Gasteiger partial charge in [-0.1, -0.05) is 0 Å². The Morgan fingerprint density at radius 2 is 0.833 bits per heavy atom. The molecule has 0 aliphatic carbocycles. The van der Waals surface area contributed by atoms with Crippen molar-refractivity contribution in [2.75, 3.05) is 6.61 Å². The number of hydrogen-bond donors (Lipinski definition) is 0. The largest absolute Gasteiger partial charge is 0.475 e. The summed E-state index contributed by atoms with van der Waals surface area (Å²) in [5, 5.41) is 1.14. The molecule has 0 saturated heterocycles. The zero-order valence-corrected chi connectivity index (χ0v) is 27.0. The number of rotatable bonds is 16. The molecule has 6 nitrogen and oxygen atoms in total. The maximum absolute atomic E-state index is 14.4. The number of halogens is 30. The van der Waals surface area contributed by atoms with Crippen molar-refractivity contribution in [1.29, 1.82) is 0 Å². The van der Waals surface area contributed by atoms with Gasteiger partial charge in [0.05, 0.1) is 0 Å². The van der Waals surface area contributed by atoms with Gasteiger partial charge in [-0.25, -0.2) is 4.79 Å². The molecule has 0 aromatic carbocycles. The Bertz CT molecular complexity index is 1750.